The number of hydrogen-bond donors (Lipinski definition) is 0. The van der Waals surface area contributed by atoms with Gasteiger partial charge in [0.25, 0.3) is 11.4 Å². The van der Waals surface area contributed by atoms with Crippen LogP contribution >= 0.6 is 22.7 Å². The average Bonchev–Trinajstić information content (AvgIpc) is 4.34. The Kier molecular flexibility index (Phi) is 19.9. The summed E-state index contributed by atoms with van der Waals surface area (Å²) in [7, 11) is 0. The van der Waals surface area contributed by atoms with Crippen molar-refractivity contribution in [1.82, 2.24) is 0 Å². The van der Waals surface area contributed by atoms with Gasteiger partial charge in [-0.05, 0) is 124 Å². The van der Waals surface area contributed by atoms with Crippen molar-refractivity contribution in [2.24, 2.45) is 0 Å². The van der Waals surface area contributed by atoms with Gasteiger partial charge in [-0.2, -0.15) is 0 Å². The largest absolute Gasteiger partial charge is 0.289 e. The molecule has 0 amide bonds. The zero-order chi connectivity index (χ0) is 55.8. The number of unbranched alkanes of at least 4 members (excludes halogenated alkanes) is 18. The van der Waals surface area contributed by atoms with E-state index < -0.39 is 0 Å². The van der Waals surface area contributed by atoms with Crippen molar-refractivity contribution in [3.63, 3.8) is 0 Å². The van der Waals surface area contributed by atoms with E-state index in [1.54, 1.807) is 34.8 Å². The number of Topliss-reactive ketones (excluding diaryl/α,β-unsaturated/α-hetero) is 2. The number of carbonyl (C=O) groups excluding carboxylic acids is 2. The molecule has 3 aliphatic rings. The van der Waals surface area contributed by atoms with Crippen molar-refractivity contribution in [2.45, 2.75) is 155 Å². The predicted molar refractivity (Wildman–Crippen MR) is 333 cm³/mol. The second kappa shape index (κ2) is 27.9. The number of nitrogens with zero attached hydrogens (tertiary/aromatic N) is 4. The van der Waals surface area contributed by atoms with Crippen molar-refractivity contribution < 1.29 is 9.59 Å². The number of benzene rings is 4. The van der Waals surface area contributed by atoms with Crippen LogP contribution in [0.1, 0.15) is 208 Å². The van der Waals surface area contributed by atoms with Crippen molar-refractivity contribution >= 4 is 63.1 Å². The highest BCUT2D eigenvalue weighted by molar-refractivity contribution is 7.16. The first-order chi connectivity index (χ1) is 39.3. The van der Waals surface area contributed by atoms with Gasteiger partial charge in [0.05, 0.1) is 25.3 Å². The molecule has 0 saturated carbocycles. The molecule has 0 saturated heterocycles. The van der Waals surface area contributed by atoms with Crippen LogP contribution in [0.5, 0.6) is 0 Å². The lowest BCUT2D eigenvalue weighted by molar-refractivity contribution is 0.103. The molecular weight excluding hydrogens is 1020 g/mol. The van der Waals surface area contributed by atoms with Gasteiger partial charge in [-0.1, -0.05) is 208 Å². The van der Waals surface area contributed by atoms with Crippen LogP contribution in [0.4, 0.5) is 0 Å². The van der Waals surface area contributed by atoms with E-state index in [4.69, 9.17) is 13.1 Å². The number of nitriles is 2. The second-order valence-corrected chi connectivity index (χ2v) is 23.8. The molecule has 4 aromatic carbocycles. The Bertz CT molecular complexity index is 3370. The lowest BCUT2D eigenvalue weighted by Gasteiger charge is -2.16. The molecule has 0 aliphatic heterocycles. The molecular formula is C72H70N4O2S2. The minimum atomic E-state index is -0.175. The molecule has 9 rings (SSSR count). The molecule has 0 spiro atoms. The Labute approximate surface area is 482 Å². The molecule has 2 aromatic heterocycles. The lowest BCUT2D eigenvalue weighted by atomic mass is 9.89. The van der Waals surface area contributed by atoms with Gasteiger partial charge in [0, 0.05) is 52.9 Å². The standard InChI is InChI=1S/C72H70N4O2S2/c1-5-7-9-11-13-15-17-19-21-23-29-49(30-24-22-20-18-16-14-12-10-8-6-2)68-60-43-50(66-41-37-52(79-66)45-62-69(64(47-73)75-3)56-31-25-27-33-58(56)71(62)77)35-39-54(60)55-40-36-51(44-61(55)68)67-42-38-53(80-67)46-63-70(65(48-74)76-4)57-32-26-28-34-59(57)72(63)78/h25-28,31-46H,5-24,29-30H2,1-2H3/b62-45-,63-46-,69-64-,70-65+. The monoisotopic (exact) mass is 1090 g/mol. The summed E-state index contributed by atoms with van der Waals surface area (Å²) in [6.07, 6.45) is 31.6. The van der Waals surface area contributed by atoms with Crippen LogP contribution < -0.4 is 0 Å². The molecule has 2 heterocycles. The zero-order valence-corrected chi connectivity index (χ0v) is 48.2. The highest BCUT2D eigenvalue weighted by Crippen LogP contribution is 2.51. The SMILES string of the molecule is [C-]#[N+]/C(C#N)=C1\C(=C\c2ccc(-c3ccc4c(c3)C(=C(CCCCCCCCCCCC)CCCCCCCCCCCC)c3cc(-c5ccc(/C=C6\C(=O)c7ccccc7\C6=C(\C#N)[N+]#[C-])s5)ccc3-4)s2)C(=O)c2ccccc21. The molecule has 0 atom stereocenters. The lowest BCUT2D eigenvalue weighted by Crippen LogP contribution is -1.95. The van der Waals surface area contributed by atoms with Crippen LogP contribution in [0.15, 0.2) is 137 Å². The van der Waals surface area contributed by atoms with Crippen LogP contribution in [-0.2, 0) is 0 Å². The average molecular weight is 1090 g/mol. The zero-order valence-electron chi connectivity index (χ0n) is 46.5. The Morgan fingerprint density at radius 3 is 1.16 bits per heavy atom. The first kappa shape index (κ1) is 57.0. The Balaban J connectivity index is 1.07. The highest BCUT2D eigenvalue weighted by Gasteiger charge is 2.34. The number of allylic oxidation sites excluding steroid dienone is 7. The molecule has 0 fully saturated rings. The van der Waals surface area contributed by atoms with Crippen LogP contribution in [0.2, 0.25) is 0 Å². The maximum absolute atomic E-state index is 13.9. The highest BCUT2D eigenvalue weighted by atomic mass is 32.1. The summed E-state index contributed by atoms with van der Waals surface area (Å²) in [6, 6.07) is 40.7. The van der Waals surface area contributed by atoms with E-state index in [-0.39, 0.29) is 23.0 Å². The minimum Gasteiger partial charge on any atom is -0.289 e. The summed E-state index contributed by atoms with van der Waals surface area (Å²) in [5.74, 6) is -0.349. The molecule has 402 valence electrons. The van der Waals surface area contributed by atoms with E-state index in [1.165, 1.54) is 149 Å². The molecule has 80 heavy (non-hydrogen) atoms. The number of ketones is 2. The Hall–Kier alpha value is -7.72. The number of thiophene rings is 2. The summed E-state index contributed by atoms with van der Waals surface area (Å²) in [6.45, 7) is 20.1. The van der Waals surface area contributed by atoms with E-state index >= 15 is 0 Å². The van der Waals surface area contributed by atoms with Crippen molar-refractivity contribution in [2.75, 3.05) is 0 Å². The normalized spacial score (nSPS) is 15.3. The number of fused-ring (bicyclic) bond motifs is 5. The van der Waals surface area contributed by atoms with Gasteiger partial charge >= 0.3 is 0 Å². The van der Waals surface area contributed by atoms with E-state index in [0.29, 0.717) is 44.5 Å². The fraction of sp³-hybridized carbons (Fsp3) is 0.333. The van der Waals surface area contributed by atoms with Gasteiger partial charge in [0.2, 0.25) is 0 Å². The maximum Gasteiger partial charge on any atom is 0.270 e. The van der Waals surface area contributed by atoms with E-state index in [0.717, 1.165) is 56.3 Å². The van der Waals surface area contributed by atoms with Crippen LogP contribution in [0.25, 0.3) is 70.6 Å². The number of carbonyl (C=O) groups is 2. The molecule has 8 heteroatoms. The van der Waals surface area contributed by atoms with Crippen molar-refractivity contribution in [3.8, 4) is 44.1 Å². The van der Waals surface area contributed by atoms with Gasteiger partial charge in [-0.3, -0.25) is 9.59 Å². The quantitative estimate of drug-likeness (QED) is 0.0234. The fourth-order valence-corrected chi connectivity index (χ4v) is 13.8. The van der Waals surface area contributed by atoms with E-state index in [1.807, 2.05) is 72.8 Å². The van der Waals surface area contributed by atoms with Crippen LogP contribution in [-0.4, -0.2) is 11.6 Å². The maximum atomic E-state index is 13.9. The molecule has 0 N–H and O–H groups in total. The number of hydrogen-bond acceptors (Lipinski definition) is 6. The fourth-order valence-electron chi connectivity index (χ4n) is 12.0. The van der Waals surface area contributed by atoms with Crippen LogP contribution in [0, 0.1) is 35.8 Å². The van der Waals surface area contributed by atoms with Gasteiger partial charge in [-0.25, -0.2) is 20.2 Å². The first-order valence-corrected chi connectivity index (χ1v) is 30.9. The predicted octanol–water partition coefficient (Wildman–Crippen LogP) is 21.4. The molecule has 0 unspecified atom stereocenters. The summed E-state index contributed by atoms with van der Waals surface area (Å²) in [5, 5.41) is 20.0. The van der Waals surface area contributed by atoms with Gasteiger partial charge in [-0.15, -0.1) is 22.7 Å². The van der Waals surface area contributed by atoms with Gasteiger partial charge < -0.3 is 0 Å². The van der Waals surface area contributed by atoms with Crippen molar-refractivity contribution in [3.05, 3.63) is 203 Å². The van der Waals surface area contributed by atoms with E-state index in [2.05, 4.69) is 72.1 Å². The topological polar surface area (TPSA) is 90.4 Å². The Morgan fingerprint density at radius 1 is 0.438 bits per heavy atom. The van der Waals surface area contributed by atoms with Crippen LogP contribution in [0.3, 0.4) is 0 Å². The smallest absolute Gasteiger partial charge is 0.270 e. The summed E-state index contributed by atoms with van der Waals surface area (Å²) in [5.41, 5.74) is 13.7. The summed E-state index contributed by atoms with van der Waals surface area (Å²) < 4.78 is 0. The molecule has 3 aliphatic carbocycles. The second-order valence-electron chi connectivity index (χ2n) is 21.5. The summed E-state index contributed by atoms with van der Waals surface area (Å²) in [4.78, 5) is 38.7. The van der Waals surface area contributed by atoms with E-state index in [9.17, 15) is 20.1 Å². The van der Waals surface area contributed by atoms with Gasteiger partial charge in [0.15, 0.2) is 11.6 Å². The number of rotatable bonds is 26. The first-order valence-electron chi connectivity index (χ1n) is 29.3. The Morgan fingerprint density at radius 2 is 0.800 bits per heavy atom. The van der Waals surface area contributed by atoms with Gasteiger partial charge in [0.1, 0.15) is 0 Å². The molecule has 6 nitrogen and oxygen atoms in total. The molecule has 0 radical (unpaired) electrons. The molecule has 0 bridgehead atoms. The third-order valence-corrected chi connectivity index (χ3v) is 18.3. The van der Waals surface area contributed by atoms with Crippen molar-refractivity contribution in [1.29, 1.82) is 10.5 Å². The molecule has 6 aromatic rings. The minimum absolute atomic E-state index is 0.0822. The third kappa shape index (κ3) is 12.8. The third-order valence-electron chi connectivity index (χ3n) is 16.1. The summed E-state index contributed by atoms with van der Waals surface area (Å²) >= 11 is 3.21.